The van der Waals surface area contributed by atoms with E-state index in [0.29, 0.717) is 0 Å². The monoisotopic (exact) mass is 281 g/mol. The topological polar surface area (TPSA) is 21.3 Å². The van der Waals surface area contributed by atoms with Crippen molar-refractivity contribution in [2.24, 2.45) is 0 Å². The molecule has 0 heterocycles. The second kappa shape index (κ2) is 9.40. The molecule has 0 spiro atoms. The predicted molar refractivity (Wildman–Crippen MR) is 86.2 cm³/mol. The molecule has 0 saturated carbocycles. The van der Waals surface area contributed by atoms with E-state index in [2.05, 4.69) is 48.8 Å². The van der Waals surface area contributed by atoms with E-state index in [-0.39, 0.29) is 5.41 Å². The largest absolute Gasteiger partial charge is 0.383 e. The molecule has 1 unspecified atom stereocenters. The van der Waals surface area contributed by atoms with Crippen LogP contribution in [0.3, 0.4) is 0 Å². The SMILES string of the molecule is CCC(CCSC)(CNCCOC)c1ccccc1. The van der Waals surface area contributed by atoms with Crippen molar-refractivity contribution in [3.8, 4) is 0 Å². The summed E-state index contributed by atoms with van der Waals surface area (Å²) in [7, 11) is 1.75. The molecule has 0 aliphatic carbocycles. The van der Waals surface area contributed by atoms with E-state index in [9.17, 15) is 0 Å². The van der Waals surface area contributed by atoms with Gasteiger partial charge in [-0.15, -0.1) is 0 Å². The summed E-state index contributed by atoms with van der Waals surface area (Å²) in [6.45, 7) is 5.02. The Morgan fingerprint density at radius 1 is 1.26 bits per heavy atom. The van der Waals surface area contributed by atoms with Gasteiger partial charge < -0.3 is 10.1 Å². The first kappa shape index (κ1) is 16.5. The first-order valence-corrected chi connectivity index (χ1v) is 8.42. The van der Waals surface area contributed by atoms with Crippen molar-refractivity contribution < 1.29 is 4.74 Å². The van der Waals surface area contributed by atoms with E-state index in [1.165, 1.54) is 17.7 Å². The Balaban J connectivity index is 2.75. The van der Waals surface area contributed by atoms with Crippen LogP contribution in [0.25, 0.3) is 0 Å². The van der Waals surface area contributed by atoms with Crippen molar-refractivity contribution >= 4 is 11.8 Å². The third-order valence-corrected chi connectivity index (χ3v) is 4.41. The maximum Gasteiger partial charge on any atom is 0.0587 e. The van der Waals surface area contributed by atoms with Crippen molar-refractivity contribution in [1.82, 2.24) is 5.32 Å². The lowest BCUT2D eigenvalue weighted by atomic mass is 9.75. The molecular weight excluding hydrogens is 254 g/mol. The quantitative estimate of drug-likeness (QED) is 0.665. The fourth-order valence-corrected chi connectivity index (χ4v) is 3.03. The lowest BCUT2D eigenvalue weighted by Crippen LogP contribution is -2.39. The smallest absolute Gasteiger partial charge is 0.0587 e. The highest BCUT2D eigenvalue weighted by atomic mass is 32.2. The van der Waals surface area contributed by atoms with Crippen LogP contribution in [0.5, 0.6) is 0 Å². The normalized spacial score (nSPS) is 14.3. The number of methoxy groups -OCH3 is 1. The van der Waals surface area contributed by atoms with E-state index < -0.39 is 0 Å². The Morgan fingerprint density at radius 3 is 2.58 bits per heavy atom. The minimum Gasteiger partial charge on any atom is -0.383 e. The molecule has 1 rings (SSSR count). The molecular formula is C16H27NOS. The van der Waals surface area contributed by atoms with Gasteiger partial charge in [-0.25, -0.2) is 0 Å². The molecule has 1 N–H and O–H groups in total. The van der Waals surface area contributed by atoms with Crippen LogP contribution >= 0.6 is 11.8 Å². The zero-order chi connectivity index (χ0) is 14.0. The summed E-state index contributed by atoms with van der Waals surface area (Å²) in [4.78, 5) is 0. The molecule has 3 heteroatoms. The number of thioether (sulfide) groups is 1. The Bertz CT molecular complexity index is 331. The average Bonchev–Trinajstić information content (AvgIpc) is 2.48. The summed E-state index contributed by atoms with van der Waals surface area (Å²) >= 11 is 1.93. The van der Waals surface area contributed by atoms with Gasteiger partial charge in [0.1, 0.15) is 0 Å². The standard InChI is InChI=1S/C16H27NOS/c1-4-16(10-13-19-3,14-17-11-12-18-2)15-8-6-5-7-9-15/h5-9,17H,4,10-14H2,1-3H3. The molecule has 0 aliphatic heterocycles. The van der Waals surface area contributed by atoms with Crippen LogP contribution in [0.2, 0.25) is 0 Å². The van der Waals surface area contributed by atoms with Gasteiger partial charge in [0.25, 0.3) is 0 Å². The van der Waals surface area contributed by atoms with Crippen LogP contribution in [0.1, 0.15) is 25.3 Å². The van der Waals surface area contributed by atoms with Gasteiger partial charge in [0, 0.05) is 25.6 Å². The number of hydrogen-bond acceptors (Lipinski definition) is 3. The van der Waals surface area contributed by atoms with Gasteiger partial charge in [0.05, 0.1) is 6.61 Å². The van der Waals surface area contributed by atoms with Crippen LogP contribution in [0, 0.1) is 0 Å². The number of benzene rings is 1. The molecule has 0 saturated heterocycles. The highest BCUT2D eigenvalue weighted by Gasteiger charge is 2.29. The van der Waals surface area contributed by atoms with Crippen LogP contribution in [-0.4, -0.2) is 38.8 Å². The van der Waals surface area contributed by atoms with E-state index >= 15 is 0 Å². The minimum absolute atomic E-state index is 0.248. The number of hydrogen-bond donors (Lipinski definition) is 1. The highest BCUT2D eigenvalue weighted by molar-refractivity contribution is 7.98. The van der Waals surface area contributed by atoms with Gasteiger partial charge in [0.2, 0.25) is 0 Å². The lowest BCUT2D eigenvalue weighted by molar-refractivity contribution is 0.195. The Kier molecular flexibility index (Phi) is 8.19. The van der Waals surface area contributed by atoms with Crippen molar-refractivity contribution in [3.05, 3.63) is 35.9 Å². The van der Waals surface area contributed by atoms with Crippen molar-refractivity contribution in [2.75, 3.05) is 38.8 Å². The highest BCUT2D eigenvalue weighted by Crippen LogP contribution is 2.32. The molecule has 1 atom stereocenters. The molecule has 2 nitrogen and oxygen atoms in total. The molecule has 0 bridgehead atoms. The van der Waals surface area contributed by atoms with E-state index in [1.807, 2.05) is 11.8 Å². The Labute approximate surface area is 122 Å². The summed E-state index contributed by atoms with van der Waals surface area (Å²) in [6.07, 6.45) is 4.57. The van der Waals surface area contributed by atoms with E-state index in [0.717, 1.165) is 26.1 Å². The van der Waals surface area contributed by atoms with Gasteiger partial charge in [-0.3, -0.25) is 0 Å². The average molecular weight is 281 g/mol. The Morgan fingerprint density at radius 2 is 2.00 bits per heavy atom. The Hall–Kier alpha value is -0.510. The maximum atomic E-state index is 5.11. The van der Waals surface area contributed by atoms with Gasteiger partial charge in [0.15, 0.2) is 0 Å². The number of nitrogens with one attached hydrogen (secondary N) is 1. The maximum absolute atomic E-state index is 5.11. The van der Waals surface area contributed by atoms with Crippen LogP contribution in [-0.2, 0) is 10.2 Å². The molecule has 0 fully saturated rings. The second-order valence-corrected chi connectivity index (χ2v) is 5.90. The van der Waals surface area contributed by atoms with Crippen molar-refractivity contribution in [1.29, 1.82) is 0 Å². The van der Waals surface area contributed by atoms with Gasteiger partial charge in [-0.2, -0.15) is 11.8 Å². The number of rotatable bonds is 10. The van der Waals surface area contributed by atoms with E-state index in [4.69, 9.17) is 4.74 Å². The van der Waals surface area contributed by atoms with Gasteiger partial charge in [-0.05, 0) is 30.4 Å². The summed E-state index contributed by atoms with van der Waals surface area (Å²) in [5.74, 6) is 1.20. The summed E-state index contributed by atoms with van der Waals surface area (Å²) in [6, 6.07) is 10.9. The zero-order valence-corrected chi connectivity index (χ0v) is 13.3. The predicted octanol–water partition coefficient (Wildman–Crippen LogP) is 3.32. The van der Waals surface area contributed by atoms with Gasteiger partial charge >= 0.3 is 0 Å². The fourth-order valence-electron chi connectivity index (χ4n) is 2.43. The first-order valence-electron chi connectivity index (χ1n) is 7.03. The molecule has 0 radical (unpaired) electrons. The minimum atomic E-state index is 0.248. The van der Waals surface area contributed by atoms with E-state index in [1.54, 1.807) is 7.11 Å². The molecule has 108 valence electrons. The summed E-state index contributed by atoms with van der Waals surface area (Å²) < 4.78 is 5.11. The number of ether oxygens (including phenoxy) is 1. The molecule has 0 aromatic heterocycles. The second-order valence-electron chi connectivity index (χ2n) is 4.91. The third kappa shape index (κ3) is 5.17. The summed E-state index contributed by atoms with van der Waals surface area (Å²) in [5, 5.41) is 3.55. The first-order chi connectivity index (χ1) is 9.29. The van der Waals surface area contributed by atoms with Crippen LogP contribution < -0.4 is 5.32 Å². The fraction of sp³-hybridized carbons (Fsp3) is 0.625. The van der Waals surface area contributed by atoms with Crippen molar-refractivity contribution in [2.45, 2.75) is 25.2 Å². The molecule has 0 aliphatic rings. The van der Waals surface area contributed by atoms with Gasteiger partial charge in [-0.1, -0.05) is 37.3 Å². The lowest BCUT2D eigenvalue weighted by Gasteiger charge is -2.34. The molecule has 1 aromatic rings. The zero-order valence-electron chi connectivity index (χ0n) is 12.4. The van der Waals surface area contributed by atoms with Crippen LogP contribution in [0.4, 0.5) is 0 Å². The molecule has 19 heavy (non-hydrogen) atoms. The third-order valence-electron chi connectivity index (χ3n) is 3.79. The molecule has 0 amide bonds. The van der Waals surface area contributed by atoms with Crippen molar-refractivity contribution in [3.63, 3.8) is 0 Å². The summed E-state index contributed by atoms with van der Waals surface area (Å²) in [5.41, 5.74) is 1.70. The van der Waals surface area contributed by atoms with Crippen LogP contribution in [0.15, 0.2) is 30.3 Å². The molecule has 1 aromatic carbocycles.